The van der Waals surface area contributed by atoms with Gasteiger partial charge in [-0.2, -0.15) is 0 Å². The van der Waals surface area contributed by atoms with E-state index in [9.17, 15) is 19.5 Å². The van der Waals surface area contributed by atoms with Crippen LogP contribution in [-0.4, -0.2) is 17.9 Å². The van der Waals surface area contributed by atoms with Crippen molar-refractivity contribution in [2.24, 2.45) is 0 Å². The van der Waals surface area contributed by atoms with Crippen molar-refractivity contribution in [2.45, 2.75) is 52.0 Å². The lowest BCUT2D eigenvalue weighted by atomic mass is 9.99. The third-order valence-electron chi connectivity index (χ3n) is 6.13. The van der Waals surface area contributed by atoms with Crippen LogP contribution < -0.4 is 16.0 Å². The van der Waals surface area contributed by atoms with Crippen LogP contribution in [0, 0.1) is 6.92 Å². The highest BCUT2D eigenvalue weighted by atomic mass is 16.4. The standard InChI is InChI=1S/C27H27NO6/c1-3-4-10-22(26(30)31)28-25(29)12-11-18-16(2)19-13-20-21(17-8-6-5-7-9-17)15-33-23(20)14-24(19)34-27(18)32/h5-9,13-15,22H,3-4,10-12H2,1-2H3,(H,28,29)(H,30,31)/p-1/t22-/m1/s1. The largest absolute Gasteiger partial charge is 0.548 e. The summed E-state index contributed by atoms with van der Waals surface area (Å²) in [7, 11) is 0. The maximum absolute atomic E-state index is 12.7. The summed E-state index contributed by atoms with van der Waals surface area (Å²) in [6, 6.07) is 12.5. The van der Waals surface area contributed by atoms with Gasteiger partial charge in [0, 0.05) is 34.4 Å². The van der Waals surface area contributed by atoms with Crippen LogP contribution in [0.1, 0.15) is 43.7 Å². The van der Waals surface area contributed by atoms with Crippen LogP contribution in [0.2, 0.25) is 0 Å². The molecule has 1 amide bonds. The fraction of sp³-hybridized carbons (Fsp3) is 0.296. The Labute approximate surface area is 196 Å². The Hall–Kier alpha value is -3.87. The molecule has 7 heteroatoms. The second-order valence-corrected chi connectivity index (χ2v) is 8.43. The zero-order valence-electron chi connectivity index (χ0n) is 19.2. The monoisotopic (exact) mass is 460 g/mol. The molecule has 0 saturated heterocycles. The number of furan rings is 1. The third-order valence-corrected chi connectivity index (χ3v) is 6.13. The molecular formula is C27H26NO6-. The molecule has 0 radical (unpaired) electrons. The minimum Gasteiger partial charge on any atom is -0.548 e. The molecule has 7 nitrogen and oxygen atoms in total. The van der Waals surface area contributed by atoms with Crippen molar-refractivity contribution in [3.8, 4) is 11.1 Å². The summed E-state index contributed by atoms with van der Waals surface area (Å²) < 4.78 is 11.3. The van der Waals surface area contributed by atoms with E-state index in [1.165, 1.54) is 0 Å². The lowest BCUT2D eigenvalue weighted by Gasteiger charge is -2.19. The molecule has 0 fully saturated rings. The van der Waals surface area contributed by atoms with Crippen molar-refractivity contribution in [1.29, 1.82) is 0 Å². The first-order chi connectivity index (χ1) is 16.4. The van der Waals surface area contributed by atoms with Crippen LogP contribution in [0.15, 0.2) is 62.4 Å². The molecule has 0 unspecified atom stereocenters. The minimum absolute atomic E-state index is 0.0315. The van der Waals surface area contributed by atoms with Crippen LogP contribution in [0.25, 0.3) is 33.1 Å². The van der Waals surface area contributed by atoms with Gasteiger partial charge in [-0.1, -0.05) is 50.1 Å². The van der Waals surface area contributed by atoms with Gasteiger partial charge in [0.25, 0.3) is 0 Å². The van der Waals surface area contributed by atoms with Crippen molar-refractivity contribution >= 4 is 33.8 Å². The number of hydrogen-bond donors (Lipinski definition) is 1. The molecular weight excluding hydrogens is 434 g/mol. The number of carbonyl (C=O) groups is 2. The van der Waals surface area contributed by atoms with Gasteiger partial charge in [0.1, 0.15) is 11.2 Å². The van der Waals surface area contributed by atoms with E-state index in [0.29, 0.717) is 29.6 Å². The molecule has 0 aliphatic rings. The van der Waals surface area contributed by atoms with E-state index in [0.717, 1.165) is 33.9 Å². The van der Waals surface area contributed by atoms with Gasteiger partial charge in [-0.05, 0) is 37.0 Å². The summed E-state index contributed by atoms with van der Waals surface area (Å²) in [5.74, 6) is -1.75. The molecule has 4 rings (SSSR count). The Balaban J connectivity index is 1.62. The van der Waals surface area contributed by atoms with E-state index < -0.39 is 23.5 Å². The number of aliphatic carboxylic acids is 1. The summed E-state index contributed by atoms with van der Waals surface area (Å²) in [5.41, 5.74) is 3.57. The highest BCUT2D eigenvalue weighted by molar-refractivity contribution is 6.02. The Bertz CT molecular complexity index is 1400. The SMILES string of the molecule is CCCC[C@@H](NC(=O)CCc1c(C)c2cc3c(-c4ccccc4)coc3cc2oc1=O)C(=O)[O-]. The minimum atomic E-state index is -1.30. The molecule has 0 spiro atoms. The first-order valence-corrected chi connectivity index (χ1v) is 11.4. The zero-order chi connectivity index (χ0) is 24.2. The molecule has 0 bridgehead atoms. The molecule has 2 heterocycles. The van der Waals surface area contributed by atoms with Crippen molar-refractivity contribution < 1.29 is 23.5 Å². The quantitative estimate of drug-likeness (QED) is 0.380. The number of nitrogens with one attached hydrogen (secondary N) is 1. The van der Waals surface area contributed by atoms with Crippen LogP contribution in [0.4, 0.5) is 0 Å². The second-order valence-electron chi connectivity index (χ2n) is 8.43. The predicted octanol–water partition coefficient (Wildman–Crippen LogP) is 3.87. The number of hydrogen-bond acceptors (Lipinski definition) is 6. The van der Waals surface area contributed by atoms with Gasteiger partial charge in [0.15, 0.2) is 0 Å². The van der Waals surface area contributed by atoms with Crippen LogP contribution >= 0.6 is 0 Å². The van der Waals surface area contributed by atoms with E-state index in [-0.39, 0.29) is 12.8 Å². The van der Waals surface area contributed by atoms with Gasteiger partial charge in [-0.25, -0.2) is 4.79 Å². The van der Waals surface area contributed by atoms with E-state index in [1.54, 1.807) is 12.3 Å². The molecule has 2 aromatic heterocycles. The summed E-state index contributed by atoms with van der Waals surface area (Å²) in [4.78, 5) is 36.3. The highest BCUT2D eigenvalue weighted by Crippen LogP contribution is 2.34. The molecule has 1 atom stereocenters. The van der Waals surface area contributed by atoms with Gasteiger partial charge in [0.2, 0.25) is 5.91 Å². The number of amides is 1. The molecule has 176 valence electrons. The molecule has 0 aliphatic heterocycles. The number of rotatable bonds is 9. The van der Waals surface area contributed by atoms with Gasteiger partial charge in [-0.15, -0.1) is 0 Å². The van der Waals surface area contributed by atoms with Gasteiger partial charge >= 0.3 is 5.63 Å². The topological polar surface area (TPSA) is 113 Å². The van der Waals surface area contributed by atoms with Crippen molar-refractivity contribution in [3.63, 3.8) is 0 Å². The van der Waals surface area contributed by atoms with Crippen LogP contribution in [0.5, 0.6) is 0 Å². The van der Waals surface area contributed by atoms with Crippen LogP contribution in [0.3, 0.4) is 0 Å². The summed E-state index contributed by atoms with van der Waals surface area (Å²) >= 11 is 0. The zero-order valence-corrected chi connectivity index (χ0v) is 19.2. The Morgan fingerprint density at radius 3 is 2.56 bits per heavy atom. The number of carbonyl (C=O) groups excluding carboxylic acids is 2. The molecule has 4 aromatic rings. The van der Waals surface area contributed by atoms with E-state index in [1.807, 2.05) is 50.2 Å². The predicted molar refractivity (Wildman–Crippen MR) is 127 cm³/mol. The maximum atomic E-state index is 12.7. The normalized spacial score (nSPS) is 12.2. The molecule has 34 heavy (non-hydrogen) atoms. The number of aryl methyl sites for hydroxylation is 1. The fourth-order valence-corrected chi connectivity index (χ4v) is 4.20. The van der Waals surface area contributed by atoms with E-state index >= 15 is 0 Å². The average Bonchev–Trinajstić information content (AvgIpc) is 3.23. The second kappa shape index (κ2) is 9.95. The first-order valence-electron chi connectivity index (χ1n) is 11.4. The number of benzene rings is 2. The lowest BCUT2D eigenvalue weighted by molar-refractivity contribution is -0.308. The van der Waals surface area contributed by atoms with E-state index in [4.69, 9.17) is 8.83 Å². The Kier molecular flexibility index (Phi) is 6.82. The number of fused-ring (bicyclic) bond motifs is 2. The van der Waals surface area contributed by atoms with E-state index in [2.05, 4.69) is 5.32 Å². The summed E-state index contributed by atoms with van der Waals surface area (Å²) in [5, 5.41) is 15.4. The summed E-state index contributed by atoms with van der Waals surface area (Å²) in [6.45, 7) is 3.77. The van der Waals surface area contributed by atoms with Crippen LogP contribution in [-0.2, 0) is 16.0 Å². The lowest BCUT2D eigenvalue weighted by Crippen LogP contribution is -2.47. The van der Waals surface area contributed by atoms with Crippen molar-refractivity contribution in [1.82, 2.24) is 5.32 Å². The van der Waals surface area contributed by atoms with Crippen molar-refractivity contribution in [3.05, 3.63) is 70.3 Å². The van der Waals surface area contributed by atoms with Gasteiger partial charge in [-0.3, -0.25) is 4.79 Å². The average molecular weight is 461 g/mol. The number of unbranched alkanes of at least 4 members (excludes halogenated alkanes) is 1. The smallest absolute Gasteiger partial charge is 0.339 e. The summed E-state index contributed by atoms with van der Waals surface area (Å²) in [6.07, 6.45) is 3.58. The third kappa shape index (κ3) is 4.73. The fourth-order valence-electron chi connectivity index (χ4n) is 4.20. The molecule has 0 saturated carbocycles. The Morgan fingerprint density at radius 2 is 1.85 bits per heavy atom. The van der Waals surface area contributed by atoms with Crippen molar-refractivity contribution in [2.75, 3.05) is 0 Å². The highest BCUT2D eigenvalue weighted by Gasteiger charge is 2.18. The molecule has 1 N–H and O–H groups in total. The molecule has 0 aliphatic carbocycles. The maximum Gasteiger partial charge on any atom is 0.339 e. The number of carboxylic acid groups (broad SMARTS) is 1. The van der Waals surface area contributed by atoms with Gasteiger partial charge in [0.05, 0.1) is 18.3 Å². The Morgan fingerprint density at radius 1 is 1.09 bits per heavy atom. The number of carboxylic acids is 1. The first kappa shape index (κ1) is 23.3. The molecule has 2 aromatic carbocycles. The van der Waals surface area contributed by atoms with Gasteiger partial charge < -0.3 is 24.1 Å².